The molecule has 0 atom stereocenters. The predicted molar refractivity (Wildman–Crippen MR) is 74.7 cm³/mol. The largest absolute Gasteiger partial charge is 0.409 e. The minimum atomic E-state index is -0.0332. The molecular weight excluding hydrogens is 270 g/mol. The fraction of sp³-hybridized carbons (Fsp3) is 0.273. The van der Waals surface area contributed by atoms with Gasteiger partial charge in [-0.25, -0.2) is 0 Å². The first-order valence-corrected chi connectivity index (χ1v) is 7.00. The third-order valence-electron chi connectivity index (χ3n) is 2.53. The van der Waals surface area contributed by atoms with E-state index in [1.54, 1.807) is 23.3 Å². The van der Waals surface area contributed by atoms with Crippen molar-refractivity contribution in [2.75, 3.05) is 13.6 Å². The maximum atomic E-state index is 12.1. The highest BCUT2D eigenvalue weighted by Crippen LogP contribution is 2.30. The van der Waals surface area contributed by atoms with Crippen LogP contribution in [0.15, 0.2) is 22.7 Å². The first kappa shape index (κ1) is 12.8. The molecule has 0 unspecified atom stereocenters. The van der Waals surface area contributed by atoms with Gasteiger partial charge in [-0.05, 0) is 17.5 Å². The molecule has 0 aliphatic rings. The van der Waals surface area contributed by atoms with Crippen LogP contribution in [0.1, 0.15) is 16.1 Å². The standard InChI is InChI=1S/C11H13N3O2S2/c1-14(4-2-10(12)13-16)11(15)9-6-8-7(18-9)3-5-17-8/h3,5-6,16H,2,4H2,1H3,(H2,12,13). The van der Waals surface area contributed by atoms with Gasteiger partial charge >= 0.3 is 0 Å². The molecule has 2 aromatic heterocycles. The Morgan fingerprint density at radius 2 is 2.33 bits per heavy atom. The number of carbonyl (C=O) groups is 1. The van der Waals surface area contributed by atoms with Crippen LogP contribution in [0.3, 0.4) is 0 Å². The summed E-state index contributed by atoms with van der Waals surface area (Å²) in [4.78, 5) is 14.4. The second kappa shape index (κ2) is 5.36. The van der Waals surface area contributed by atoms with Gasteiger partial charge in [-0.3, -0.25) is 4.79 Å². The summed E-state index contributed by atoms with van der Waals surface area (Å²) in [6.45, 7) is 0.431. The average Bonchev–Trinajstić information content (AvgIpc) is 2.94. The van der Waals surface area contributed by atoms with Crippen LogP contribution in [0.2, 0.25) is 0 Å². The second-order valence-corrected chi connectivity index (χ2v) is 5.86. The summed E-state index contributed by atoms with van der Waals surface area (Å²) < 4.78 is 2.27. The molecule has 0 radical (unpaired) electrons. The smallest absolute Gasteiger partial charge is 0.263 e. The Labute approximate surface area is 112 Å². The van der Waals surface area contributed by atoms with E-state index in [0.717, 1.165) is 14.3 Å². The lowest BCUT2D eigenvalue weighted by molar-refractivity contribution is 0.0803. The molecule has 0 bridgehead atoms. The number of nitrogens with zero attached hydrogens (tertiary/aromatic N) is 2. The fourth-order valence-electron chi connectivity index (χ4n) is 1.49. The van der Waals surface area contributed by atoms with Crippen molar-refractivity contribution in [3.05, 3.63) is 22.4 Å². The summed E-state index contributed by atoms with van der Waals surface area (Å²) in [6, 6.07) is 3.92. The Balaban J connectivity index is 2.04. The number of oxime groups is 1. The predicted octanol–water partition coefficient (Wildman–Crippen LogP) is 2.17. The van der Waals surface area contributed by atoms with Crippen LogP contribution in [-0.2, 0) is 0 Å². The van der Waals surface area contributed by atoms with E-state index in [9.17, 15) is 4.79 Å². The molecular formula is C11H13N3O2S2. The van der Waals surface area contributed by atoms with Crippen molar-refractivity contribution in [2.24, 2.45) is 10.9 Å². The van der Waals surface area contributed by atoms with Crippen LogP contribution >= 0.6 is 22.7 Å². The van der Waals surface area contributed by atoms with E-state index >= 15 is 0 Å². The lowest BCUT2D eigenvalue weighted by Gasteiger charge is -2.15. The van der Waals surface area contributed by atoms with E-state index < -0.39 is 0 Å². The number of rotatable bonds is 4. The number of hydrogen-bond donors (Lipinski definition) is 2. The number of fused-ring (bicyclic) bond motifs is 1. The third kappa shape index (κ3) is 2.62. The quantitative estimate of drug-likeness (QED) is 0.390. The van der Waals surface area contributed by atoms with Gasteiger partial charge in [0.05, 0.1) is 4.88 Å². The van der Waals surface area contributed by atoms with Crippen molar-refractivity contribution in [3.63, 3.8) is 0 Å². The van der Waals surface area contributed by atoms with E-state index in [1.165, 1.54) is 11.3 Å². The number of thiophene rings is 2. The van der Waals surface area contributed by atoms with Crippen molar-refractivity contribution in [3.8, 4) is 0 Å². The molecule has 0 aliphatic carbocycles. The Hall–Kier alpha value is -1.60. The third-order valence-corrected chi connectivity index (χ3v) is 4.61. The van der Waals surface area contributed by atoms with Gasteiger partial charge < -0.3 is 15.8 Å². The topological polar surface area (TPSA) is 78.9 Å². The highest BCUT2D eigenvalue weighted by molar-refractivity contribution is 7.27. The SMILES string of the molecule is CN(CC/C(N)=N/O)C(=O)c1cc2sccc2s1. The van der Waals surface area contributed by atoms with E-state index in [2.05, 4.69) is 5.16 Å². The molecule has 18 heavy (non-hydrogen) atoms. The van der Waals surface area contributed by atoms with E-state index in [1.807, 2.05) is 17.5 Å². The number of amides is 1. The summed E-state index contributed by atoms with van der Waals surface area (Å²) >= 11 is 3.12. The Bertz CT molecular complexity index is 559. The summed E-state index contributed by atoms with van der Waals surface area (Å²) in [5.41, 5.74) is 5.37. The zero-order chi connectivity index (χ0) is 13.1. The molecule has 2 rings (SSSR count). The van der Waals surface area contributed by atoms with Crippen molar-refractivity contribution in [2.45, 2.75) is 6.42 Å². The van der Waals surface area contributed by atoms with Crippen molar-refractivity contribution in [1.82, 2.24) is 4.90 Å². The molecule has 1 amide bonds. The molecule has 3 N–H and O–H groups in total. The maximum absolute atomic E-state index is 12.1. The fourth-order valence-corrected chi connectivity index (χ4v) is 3.60. The highest BCUT2D eigenvalue weighted by Gasteiger charge is 2.15. The number of hydrogen-bond acceptors (Lipinski definition) is 5. The van der Waals surface area contributed by atoms with Crippen LogP contribution in [-0.4, -0.2) is 35.4 Å². The molecule has 5 nitrogen and oxygen atoms in total. The normalized spacial score (nSPS) is 11.9. The molecule has 0 saturated carbocycles. The molecule has 7 heteroatoms. The minimum Gasteiger partial charge on any atom is -0.409 e. The summed E-state index contributed by atoms with van der Waals surface area (Å²) in [5.74, 6) is 0.0935. The Morgan fingerprint density at radius 3 is 3.00 bits per heavy atom. The first-order chi connectivity index (χ1) is 8.61. The van der Waals surface area contributed by atoms with E-state index in [-0.39, 0.29) is 11.7 Å². The van der Waals surface area contributed by atoms with Gasteiger partial charge in [-0.15, -0.1) is 22.7 Å². The van der Waals surface area contributed by atoms with Crippen LogP contribution in [0.4, 0.5) is 0 Å². The monoisotopic (exact) mass is 283 g/mol. The summed E-state index contributed by atoms with van der Waals surface area (Å²) in [5, 5.41) is 13.3. The van der Waals surface area contributed by atoms with Gasteiger partial charge in [0.15, 0.2) is 0 Å². The van der Waals surface area contributed by atoms with Crippen molar-refractivity contribution >= 4 is 43.8 Å². The molecule has 2 heterocycles. The maximum Gasteiger partial charge on any atom is 0.263 e. The summed E-state index contributed by atoms with van der Waals surface area (Å²) in [7, 11) is 1.71. The molecule has 96 valence electrons. The molecule has 0 aromatic carbocycles. The van der Waals surface area contributed by atoms with Gasteiger partial charge in [0.2, 0.25) is 0 Å². The van der Waals surface area contributed by atoms with Crippen LogP contribution < -0.4 is 5.73 Å². The van der Waals surface area contributed by atoms with Crippen LogP contribution in [0.5, 0.6) is 0 Å². The van der Waals surface area contributed by atoms with Crippen LogP contribution in [0.25, 0.3) is 9.40 Å². The van der Waals surface area contributed by atoms with Gasteiger partial charge in [0.1, 0.15) is 5.84 Å². The van der Waals surface area contributed by atoms with E-state index in [4.69, 9.17) is 10.9 Å². The lowest BCUT2D eigenvalue weighted by atomic mass is 10.3. The number of carbonyl (C=O) groups excluding carboxylic acids is 1. The zero-order valence-electron chi connectivity index (χ0n) is 9.79. The van der Waals surface area contributed by atoms with Crippen LogP contribution in [0, 0.1) is 0 Å². The Morgan fingerprint density at radius 1 is 1.56 bits per heavy atom. The zero-order valence-corrected chi connectivity index (χ0v) is 11.4. The van der Waals surface area contributed by atoms with Gasteiger partial charge in [0.25, 0.3) is 5.91 Å². The van der Waals surface area contributed by atoms with Crippen molar-refractivity contribution < 1.29 is 10.0 Å². The van der Waals surface area contributed by atoms with E-state index in [0.29, 0.717) is 13.0 Å². The lowest BCUT2D eigenvalue weighted by Crippen LogP contribution is -2.30. The van der Waals surface area contributed by atoms with Crippen molar-refractivity contribution in [1.29, 1.82) is 0 Å². The molecule has 0 aliphatic heterocycles. The molecule has 2 aromatic rings. The second-order valence-electron chi connectivity index (χ2n) is 3.83. The molecule has 0 saturated heterocycles. The number of nitrogens with two attached hydrogens (primary N) is 1. The van der Waals surface area contributed by atoms with Gasteiger partial charge in [-0.2, -0.15) is 0 Å². The summed E-state index contributed by atoms with van der Waals surface area (Å²) in [6.07, 6.45) is 0.360. The molecule has 0 spiro atoms. The number of amidine groups is 1. The Kier molecular flexibility index (Phi) is 3.83. The molecule has 0 fully saturated rings. The first-order valence-electron chi connectivity index (χ1n) is 5.30. The average molecular weight is 283 g/mol. The van der Waals surface area contributed by atoms with Gasteiger partial charge in [-0.1, -0.05) is 5.16 Å². The minimum absolute atomic E-state index is 0.0332. The highest BCUT2D eigenvalue weighted by atomic mass is 32.1. The van der Waals surface area contributed by atoms with Gasteiger partial charge in [0, 0.05) is 29.4 Å².